The molecular formula is C76H74O. The molecule has 0 radical (unpaired) electrons. The van der Waals surface area contributed by atoms with Crippen LogP contribution in [-0.4, -0.2) is 7.11 Å². The Hall–Kier alpha value is -9.04. The lowest BCUT2D eigenvalue weighted by molar-refractivity contribution is 0.414. The molecule has 0 saturated heterocycles. The Kier molecular flexibility index (Phi) is 23.5. The van der Waals surface area contributed by atoms with Crippen molar-refractivity contribution in [2.45, 2.75) is 48.5 Å². The first-order valence-corrected chi connectivity index (χ1v) is 26.4. The van der Waals surface area contributed by atoms with Crippen molar-refractivity contribution in [3.8, 4) is 39.1 Å². The van der Waals surface area contributed by atoms with Crippen LogP contribution < -0.4 is 4.74 Å². The minimum Gasteiger partial charge on any atom is -0.497 e. The lowest BCUT2D eigenvalue weighted by Crippen LogP contribution is -1.80. The summed E-state index contributed by atoms with van der Waals surface area (Å²) in [5, 5.41) is 5.33. The van der Waals surface area contributed by atoms with Crippen molar-refractivity contribution in [1.29, 1.82) is 0 Å². The second-order valence-corrected chi connectivity index (χ2v) is 19.0. The fourth-order valence-electron chi connectivity index (χ4n) is 8.25. The summed E-state index contributed by atoms with van der Waals surface area (Å²) >= 11 is 0. The van der Waals surface area contributed by atoms with Gasteiger partial charge in [0.15, 0.2) is 0 Å². The smallest absolute Gasteiger partial charge is 0.118 e. The van der Waals surface area contributed by atoms with Crippen LogP contribution in [0, 0.1) is 48.5 Å². The molecule has 77 heavy (non-hydrogen) atoms. The van der Waals surface area contributed by atoms with Gasteiger partial charge in [-0.05, 0) is 127 Å². The lowest BCUT2D eigenvalue weighted by Gasteiger charge is -2.04. The molecule has 0 unspecified atom stereocenters. The first-order chi connectivity index (χ1) is 37.6. The predicted octanol–water partition coefficient (Wildman–Crippen LogP) is 21.3. The van der Waals surface area contributed by atoms with E-state index < -0.39 is 0 Å². The highest BCUT2D eigenvalue weighted by Gasteiger charge is 1.99. The summed E-state index contributed by atoms with van der Waals surface area (Å²) in [6.07, 6.45) is 0. The first kappa shape index (κ1) is 57.2. The molecule has 0 N–H and O–H groups in total. The van der Waals surface area contributed by atoms with E-state index >= 15 is 0 Å². The van der Waals surface area contributed by atoms with Crippen molar-refractivity contribution >= 4 is 21.5 Å². The van der Waals surface area contributed by atoms with Crippen molar-refractivity contribution in [3.63, 3.8) is 0 Å². The molecule has 0 aromatic heterocycles. The summed E-state index contributed by atoms with van der Waals surface area (Å²) in [7, 11) is 1.67. The zero-order valence-corrected chi connectivity index (χ0v) is 46.3. The molecule has 0 atom stereocenters. The molecule has 0 spiro atoms. The van der Waals surface area contributed by atoms with Crippen LogP contribution in [0.4, 0.5) is 0 Å². The van der Waals surface area contributed by atoms with E-state index in [1.54, 1.807) is 7.11 Å². The number of benzene rings is 12. The number of hydrogen-bond acceptors (Lipinski definition) is 1. The van der Waals surface area contributed by atoms with Gasteiger partial charge >= 0.3 is 0 Å². The highest BCUT2D eigenvalue weighted by Crippen LogP contribution is 2.23. The zero-order chi connectivity index (χ0) is 54.5. The van der Waals surface area contributed by atoms with Gasteiger partial charge in [-0.15, -0.1) is 0 Å². The van der Waals surface area contributed by atoms with Gasteiger partial charge < -0.3 is 4.74 Å². The van der Waals surface area contributed by atoms with Gasteiger partial charge in [-0.2, -0.15) is 0 Å². The second kappa shape index (κ2) is 31.6. The van der Waals surface area contributed by atoms with Crippen molar-refractivity contribution in [3.05, 3.63) is 342 Å². The van der Waals surface area contributed by atoms with Gasteiger partial charge in [0, 0.05) is 0 Å². The fraction of sp³-hybridized carbons (Fsp3) is 0.105. The summed E-state index contributed by atoms with van der Waals surface area (Å²) in [5.41, 5.74) is 16.9. The van der Waals surface area contributed by atoms with Crippen LogP contribution in [0.1, 0.15) is 38.9 Å². The Labute approximate surface area is 460 Å². The highest BCUT2D eigenvalue weighted by atomic mass is 16.5. The maximum atomic E-state index is 4.97. The molecule has 12 aromatic rings. The predicted molar refractivity (Wildman–Crippen MR) is 336 cm³/mol. The van der Waals surface area contributed by atoms with Gasteiger partial charge in [-0.25, -0.2) is 0 Å². The summed E-state index contributed by atoms with van der Waals surface area (Å²) < 4.78 is 4.97. The van der Waals surface area contributed by atoms with Crippen LogP contribution in [0.15, 0.2) is 303 Å². The topological polar surface area (TPSA) is 9.23 Å². The van der Waals surface area contributed by atoms with Gasteiger partial charge in [-0.3, -0.25) is 0 Å². The van der Waals surface area contributed by atoms with Crippen LogP contribution in [-0.2, 0) is 0 Å². The molecule has 0 aliphatic carbocycles. The van der Waals surface area contributed by atoms with Crippen molar-refractivity contribution in [2.75, 3.05) is 7.11 Å². The Balaban J connectivity index is 0.000000147. The largest absolute Gasteiger partial charge is 0.497 e. The fourth-order valence-corrected chi connectivity index (χ4v) is 8.25. The number of rotatable bonds is 4. The third kappa shape index (κ3) is 20.0. The summed E-state index contributed by atoms with van der Waals surface area (Å²) in [4.78, 5) is 0. The molecule has 0 amide bonds. The van der Waals surface area contributed by atoms with Crippen LogP contribution in [0.5, 0.6) is 5.75 Å². The highest BCUT2D eigenvalue weighted by molar-refractivity contribution is 5.85. The van der Waals surface area contributed by atoms with E-state index in [9.17, 15) is 0 Å². The van der Waals surface area contributed by atoms with E-state index in [1.165, 1.54) is 93.9 Å². The molecule has 0 fully saturated rings. The minimum absolute atomic E-state index is 0.917. The van der Waals surface area contributed by atoms with Crippen LogP contribution in [0.2, 0.25) is 0 Å². The normalized spacial score (nSPS) is 9.82. The van der Waals surface area contributed by atoms with E-state index in [0.717, 1.165) is 5.75 Å². The lowest BCUT2D eigenvalue weighted by atomic mass is 10.0. The Morgan fingerprint density at radius 3 is 1.14 bits per heavy atom. The summed E-state index contributed by atoms with van der Waals surface area (Å²) in [6.45, 7) is 14.8. The zero-order valence-electron chi connectivity index (χ0n) is 46.3. The van der Waals surface area contributed by atoms with E-state index in [0.29, 0.717) is 0 Å². The molecule has 0 heterocycles. The average Bonchev–Trinajstić information content (AvgIpc) is 3.48. The van der Waals surface area contributed by atoms with Crippen LogP contribution in [0.25, 0.3) is 54.9 Å². The number of fused-ring (bicyclic) bond motifs is 2. The monoisotopic (exact) mass is 1000 g/mol. The molecule has 384 valence electrons. The molecule has 1 nitrogen and oxygen atoms in total. The number of hydrogen-bond donors (Lipinski definition) is 0. The number of ether oxygens (including phenoxy) is 1. The Morgan fingerprint density at radius 2 is 0.597 bits per heavy atom. The van der Waals surface area contributed by atoms with E-state index in [4.69, 9.17) is 4.74 Å². The number of methoxy groups -OCH3 is 1. The average molecular weight is 1000 g/mol. The van der Waals surface area contributed by atoms with E-state index in [1.807, 2.05) is 60.7 Å². The second-order valence-electron chi connectivity index (χ2n) is 19.0. The minimum atomic E-state index is 0.917. The molecule has 1 heteroatoms. The van der Waals surface area contributed by atoms with Crippen LogP contribution >= 0.6 is 0 Å². The van der Waals surface area contributed by atoms with Crippen LogP contribution in [0.3, 0.4) is 0 Å². The molecule has 0 aliphatic rings. The standard InChI is InChI=1S/3C13H12.2C11H10.C8H10O.C7H8/c1-11-7-5-6-10-13(11)12-8-3-2-4-9-12;1-11-6-5-9-13(10-11)12-7-3-2-4-8-12;1-11-7-9-13(10-8-11)12-5-3-2-4-6-12;1-9-5-4-7-10-6-2-3-8-11(9)10;1-9-6-7-10-4-2-3-5-11(10)8-9;1-7-3-5-8(9-2)6-4-7;1-7-5-3-2-4-6-7/h3*2-10H,1H3;2*2-8H,1H3;3-6H,1-2H3;2-6H,1H3. The quantitative estimate of drug-likeness (QED) is 0.171. The van der Waals surface area contributed by atoms with Gasteiger partial charge in [-0.1, -0.05) is 319 Å². The molecule has 0 bridgehead atoms. The number of aryl methyl sites for hydroxylation is 7. The maximum absolute atomic E-state index is 4.97. The van der Waals surface area contributed by atoms with Gasteiger partial charge in [0.2, 0.25) is 0 Å². The Bertz CT molecular complexity index is 3520. The maximum Gasteiger partial charge on any atom is 0.118 e. The Morgan fingerprint density at radius 1 is 0.221 bits per heavy atom. The molecular weight excluding hydrogens is 929 g/mol. The van der Waals surface area contributed by atoms with Crippen molar-refractivity contribution in [2.24, 2.45) is 0 Å². The third-order valence-corrected chi connectivity index (χ3v) is 12.6. The SMILES string of the molecule is COc1ccc(C)cc1.Cc1ccc(-c2ccccc2)cc1.Cc1ccc2ccccc2c1.Cc1cccc(-c2ccccc2)c1.Cc1cccc2ccccc12.Cc1ccccc1.Cc1ccccc1-c1ccccc1. The molecule has 0 aliphatic heterocycles. The van der Waals surface area contributed by atoms with Crippen molar-refractivity contribution in [1.82, 2.24) is 0 Å². The third-order valence-electron chi connectivity index (χ3n) is 12.6. The van der Waals surface area contributed by atoms with Gasteiger partial charge in [0.25, 0.3) is 0 Å². The summed E-state index contributed by atoms with van der Waals surface area (Å²) in [6, 6.07) is 105. The first-order valence-electron chi connectivity index (χ1n) is 26.4. The van der Waals surface area contributed by atoms with Gasteiger partial charge in [0.1, 0.15) is 5.75 Å². The summed E-state index contributed by atoms with van der Waals surface area (Å²) in [5.74, 6) is 0.917. The van der Waals surface area contributed by atoms with E-state index in [-0.39, 0.29) is 0 Å². The van der Waals surface area contributed by atoms with Crippen molar-refractivity contribution < 1.29 is 4.74 Å². The molecule has 12 aromatic carbocycles. The molecule has 12 rings (SSSR count). The molecule has 0 saturated carbocycles. The van der Waals surface area contributed by atoms with E-state index in [2.05, 4.69) is 291 Å². The van der Waals surface area contributed by atoms with Gasteiger partial charge in [0.05, 0.1) is 7.11 Å².